The zero-order valence-electron chi connectivity index (χ0n) is 17.2. The summed E-state index contributed by atoms with van der Waals surface area (Å²) in [6.45, 7) is 10.3. The van der Waals surface area contributed by atoms with Gasteiger partial charge in [-0.05, 0) is 51.4 Å². The average Bonchev–Trinajstić information content (AvgIpc) is 3.05. The Morgan fingerprint density at radius 1 is 1.21 bits per heavy atom. The van der Waals surface area contributed by atoms with Crippen molar-refractivity contribution in [3.63, 3.8) is 0 Å². The highest BCUT2D eigenvalue weighted by Crippen LogP contribution is 2.42. The van der Waals surface area contributed by atoms with E-state index < -0.39 is 0 Å². The van der Waals surface area contributed by atoms with E-state index in [0.717, 1.165) is 18.9 Å². The minimum absolute atomic E-state index is 0.211. The van der Waals surface area contributed by atoms with Gasteiger partial charge >= 0.3 is 5.97 Å². The molecule has 0 aliphatic carbocycles. The highest BCUT2D eigenvalue weighted by atomic mass is 16.5. The van der Waals surface area contributed by atoms with E-state index in [1.54, 1.807) is 6.92 Å². The van der Waals surface area contributed by atoms with Crippen molar-refractivity contribution in [3.05, 3.63) is 59.3 Å². The summed E-state index contributed by atoms with van der Waals surface area (Å²) < 4.78 is 4.40. The summed E-state index contributed by atoms with van der Waals surface area (Å²) >= 11 is 0. The van der Waals surface area contributed by atoms with Gasteiger partial charge in [0.25, 0.3) is 0 Å². The fourth-order valence-corrected chi connectivity index (χ4v) is 4.06. The maximum Gasteiger partial charge on any atom is 0.302 e. The molecule has 1 aromatic carbocycles. The molecule has 4 rings (SSSR count). The van der Waals surface area contributed by atoms with Gasteiger partial charge < -0.3 is 10.1 Å². The van der Waals surface area contributed by atoms with Gasteiger partial charge in [0.15, 0.2) is 0 Å². The number of hydrogen-bond donors (Lipinski definition) is 1. The van der Waals surface area contributed by atoms with Gasteiger partial charge in [-0.15, -0.1) is 0 Å². The van der Waals surface area contributed by atoms with Gasteiger partial charge in [-0.2, -0.15) is 0 Å². The molecule has 0 unspecified atom stereocenters. The number of nitrogens with zero attached hydrogens (tertiary/aromatic N) is 2. The molecule has 1 fully saturated rings. The Morgan fingerprint density at radius 2 is 1.93 bits per heavy atom. The number of aromatic nitrogens is 1. The van der Waals surface area contributed by atoms with E-state index in [1.165, 1.54) is 49.5 Å². The molecule has 1 N–H and O–H groups in total. The minimum Gasteiger partial charge on any atom is -0.466 e. The van der Waals surface area contributed by atoms with Crippen LogP contribution in [0.4, 0.5) is 5.82 Å². The van der Waals surface area contributed by atoms with E-state index in [4.69, 9.17) is 0 Å². The van der Waals surface area contributed by atoms with Gasteiger partial charge in [-0.25, -0.2) is 4.98 Å². The summed E-state index contributed by atoms with van der Waals surface area (Å²) in [5.41, 5.74) is 4.51. The molecular weight excluding hydrogens is 350 g/mol. The van der Waals surface area contributed by atoms with E-state index >= 15 is 0 Å². The maximum atomic E-state index is 9.82. The number of pyridine rings is 1. The van der Waals surface area contributed by atoms with E-state index in [9.17, 15) is 4.79 Å². The number of esters is 1. The molecular formula is C23H31N3O2. The predicted molar refractivity (Wildman–Crippen MR) is 112 cm³/mol. The second kappa shape index (κ2) is 9.20. The standard InChI is InChI=1S/C19H23N3.C4H8O2/c1-15-4-6-16(7-5-15)13-22-11-8-19(9-12-22)14-21-18-17(19)3-2-10-20-18;1-3-6-4(2)5/h2-7,10H,8-9,11-14H2,1H3,(H,20,21);3H2,1-2H3. The first kappa shape index (κ1) is 20.3. The number of hydrogen-bond acceptors (Lipinski definition) is 5. The smallest absolute Gasteiger partial charge is 0.302 e. The monoisotopic (exact) mass is 381 g/mol. The number of nitrogens with one attached hydrogen (secondary N) is 1. The third-order valence-electron chi connectivity index (χ3n) is 5.66. The molecule has 0 amide bonds. The Morgan fingerprint density at radius 3 is 2.54 bits per heavy atom. The van der Waals surface area contributed by atoms with Crippen molar-refractivity contribution in [1.29, 1.82) is 0 Å². The van der Waals surface area contributed by atoms with Gasteiger partial charge in [-0.3, -0.25) is 9.69 Å². The van der Waals surface area contributed by atoms with Crippen molar-refractivity contribution in [2.24, 2.45) is 0 Å². The number of ether oxygens (including phenoxy) is 1. The topological polar surface area (TPSA) is 54.5 Å². The van der Waals surface area contributed by atoms with Crippen molar-refractivity contribution in [3.8, 4) is 0 Å². The fraction of sp³-hybridized carbons (Fsp3) is 0.478. The summed E-state index contributed by atoms with van der Waals surface area (Å²) in [5, 5.41) is 3.50. The summed E-state index contributed by atoms with van der Waals surface area (Å²) in [6.07, 6.45) is 4.34. The van der Waals surface area contributed by atoms with Gasteiger partial charge in [0, 0.05) is 37.2 Å². The van der Waals surface area contributed by atoms with Crippen LogP contribution in [-0.4, -0.2) is 42.1 Å². The summed E-state index contributed by atoms with van der Waals surface area (Å²) in [7, 11) is 0. The van der Waals surface area contributed by atoms with Gasteiger partial charge in [-0.1, -0.05) is 35.9 Å². The highest BCUT2D eigenvalue weighted by Gasteiger charge is 2.41. The van der Waals surface area contributed by atoms with E-state index in [-0.39, 0.29) is 5.97 Å². The Kier molecular flexibility index (Phi) is 6.68. The lowest BCUT2D eigenvalue weighted by atomic mass is 9.75. The molecule has 2 aromatic rings. The number of aryl methyl sites for hydroxylation is 1. The molecule has 5 nitrogen and oxygen atoms in total. The van der Waals surface area contributed by atoms with E-state index in [2.05, 4.69) is 63.3 Å². The Balaban J connectivity index is 0.000000330. The fourth-order valence-electron chi connectivity index (χ4n) is 4.06. The van der Waals surface area contributed by atoms with Crippen molar-refractivity contribution < 1.29 is 9.53 Å². The van der Waals surface area contributed by atoms with Crippen LogP contribution in [0.3, 0.4) is 0 Å². The second-order valence-electron chi connectivity index (χ2n) is 7.72. The first-order chi connectivity index (χ1) is 13.5. The van der Waals surface area contributed by atoms with Crippen LogP contribution in [0, 0.1) is 6.92 Å². The van der Waals surface area contributed by atoms with Crippen LogP contribution in [0.5, 0.6) is 0 Å². The van der Waals surface area contributed by atoms with Crippen LogP contribution >= 0.6 is 0 Å². The first-order valence-corrected chi connectivity index (χ1v) is 10.1. The molecule has 0 saturated carbocycles. The number of carbonyl (C=O) groups is 1. The van der Waals surface area contributed by atoms with Gasteiger partial charge in [0.1, 0.15) is 5.82 Å². The van der Waals surface area contributed by atoms with Gasteiger partial charge in [0.05, 0.1) is 6.61 Å². The third kappa shape index (κ3) is 4.90. The SMILES string of the molecule is CCOC(C)=O.Cc1ccc(CN2CCC3(CC2)CNc2ncccc23)cc1. The lowest BCUT2D eigenvalue weighted by molar-refractivity contribution is -0.140. The molecule has 2 aliphatic rings. The van der Waals surface area contributed by atoms with Crippen molar-refractivity contribution in [2.75, 3.05) is 31.6 Å². The molecule has 28 heavy (non-hydrogen) atoms. The van der Waals surface area contributed by atoms with Crippen molar-refractivity contribution >= 4 is 11.8 Å². The minimum atomic E-state index is -0.211. The largest absolute Gasteiger partial charge is 0.466 e. The third-order valence-corrected chi connectivity index (χ3v) is 5.66. The molecule has 150 valence electrons. The molecule has 0 radical (unpaired) electrons. The average molecular weight is 382 g/mol. The Bertz CT molecular complexity index is 781. The number of benzene rings is 1. The van der Waals surface area contributed by atoms with Crippen LogP contribution in [0.25, 0.3) is 0 Å². The molecule has 1 saturated heterocycles. The molecule has 5 heteroatoms. The van der Waals surface area contributed by atoms with Crippen LogP contribution in [-0.2, 0) is 21.5 Å². The lowest BCUT2D eigenvalue weighted by Gasteiger charge is -2.39. The maximum absolute atomic E-state index is 9.82. The van der Waals surface area contributed by atoms with Crippen LogP contribution in [0.15, 0.2) is 42.6 Å². The molecule has 0 bridgehead atoms. The molecule has 1 spiro atoms. The lowest BCUT2D eigenvalue weighted by Crippen LogP contribution is -2.43. The molecule has 3 heterocycles. The molecule has 0 atom stereocenters. The van der Waals surface area contributed by atoms with Gasteiger partial charge in [0.2, 0.25) is 0 Å². The highest BCUT2D eigenvalue weighted by molar-refractivity contribution is 5.65. The number of piperidine rings is 1. The molecule has 2 aliphatic heterocycles. The van der Waals surface area contributed by atoms with Crippen LogP contribution in [0.1, 0.15) is 43.4 Å². The summed E-state index contributed by atoms with van der Waals surface area (Å²) in [6, 6.07) is 13.3. The first-order valence-electron chi connectivity index (χ1n) is 10.1. The number of rotatable bonds is 3. The number of carbonyl (C=O) groups excluding carboxylic acids is 1. The summed E-state index contributed by atoms with van der Waals surface area (Å²) in [4.78, 5) is 16.9. The normalized spacial score (nSPS) is 17.2. The number of likely N-dealkylation sites (tertiary alicyclic amines) is 1. The Hall–Kier alpha value is -2.40. The van der Waals surface area contributed by atoms with Crippen LogP contribution in [0.2, 0.25) is 0 Å². The van der Waals surface area contributed by atoms with Crippen molar-refractivity contribution in [2.45, 2.75) is 45.6 Å². The Labute approximate surface area is 168 Å². The zero-order chi connectivity index (χ0) is 20.0. The number of anilines is 1. The summed E-state index contributed by atoms with van der Waals surface area (Å²) in [5.74, 6) is 0.895. The predicted octanol–water partition coefficient (Wildman–Crippen LogP) is 3.92. The second-order valence-corrected chi connectivity index (χ2v) is 7.72. The zero-order valence-corrected chi connectivity index (χ0v) is 17.2. The van der Waals surface area contributed by atoms with Crippen molar-refractivity contribution in [1.82, 2.24) is 9.88 Å². The molecule has 1 aromatic heterocycles. The van der Waals surface area contributed by atoms with Crippen LogP contribution < -0.4 is 5.32 Å². The van der Waals surface area contributed by atoms with E-state index in [0.29, 0.717) is 12.0 Å². The quantitative estimate of drug-likeness (QED) is 0.817. The number of fused-ring (bicyclic) bond motifs is 2. The van der Waals surface area contributed by atoms with E-state index in [1.807, 2.05) is 6.20 Å².